The fraction of sp³-hybridized carbons (Fsp3) is 0.500. The Balaban J connectivity index is 1.93. The van der Waals surface area contributed by atoms with Gasteiger partial charge in [0.2, 0.25) is 0 Å². The van der Waals surface area contributed by atoms with Crippen LogP contribution in [0.4, 0.5) is 4.79 Å². The lowest BCUT2D eigenvalue weighted by Gasteiger charge is -2.37. The Hall–Kier alpha value is -2.08. The van der Waals surface area contributed by atoms with Gasteiger partial charge in [0.15, 0.2) is 0 Å². The van der Waals surface area contributed by atoms with Crippen LogP contribution in [0, 0.1) is 0 Å². The van der Waals surface area contributed by atoms with Crippen LogP contribution in [0.1, 0.15) is 32.4 Å². The highest BCUT2D eigenvalue weighted by Gasteiger charge is 2.32. The number of piperazine rings is 1. The second-order valence-electron chi connectivity index (χ2n) is 6.52. The molecule has 0 radical (unpaired) electrons. The van der Waals surface area contributed by atoms with E-state index in [-0.39, 0.29) is 12.1 Å². The van der Waals surface area contributed by atoms with Gasteiger partial charge in [-0.3, -0.25) is 4.90 Å². The highest BCUT2D eigenvalue weighted by atomic mass is 16.6. The van der Waals surface area contributed by atoms with Gasteiger partial charge in [0.25, 0.3) is 0 Å². The molecule has 0 saturated carbocycles. The number of carbonyl (C=O) groups excluding carboxylic acids is 1. The van der Waals surface area contributed by atoms with Crippen molar-refractivity contribution in [2.75, 3.05) is 19.6 Å². The number of hydrogen-bond donors (Lipinski definition) is 1. The van der Waals surface area contributed by atoms with Crippen molar-refractivity contribution >= 4 is 11.7 Å². The molecule has 1 aliphatic rings. The van der Waals surface area contributed by atoms with E-state index in [0.29, 0.717) is 13.1 Å². The van der Waals surface area contributed by atoms with Gasteiger partial charge < -0.3 is 14.5 Å². The fourth-order valence-electron chi connectivity index (χ4n) is 2.75. The molecule has 1 aliphatic heterocycles. The topological polar surface area (TPSA) is 58.9 Å². The molecule has 1 atom stereocenters. The second-order valence-corrected chi connectivity index (χ2v) is 6.52. The number of ether oxygens (including phenoxy) is 1. The molecule has 1 fully saturated rings. The van der Waals surface area contributed by atoms with Gasteiger partial charge in [0.05, 0.1) is 6.04 Å². The molecule has 3 rings (SSSR count). The summed E-state index contributed by atoms with van der Waals surface area (Å²) in [6, 6.07) is 3.93. The summed E-state index contributed by atoms with van der Waals surface area (Å²) in [5.41, 5.74) is 1.42. The maximum absolute atomic E-state index is 12.5. The van der Waals surface area contributed by atoms with Crippen LogP contribution in [0.3, 0.4) is 0 Å². The molecule has 6 nitrogen and oxygen atoms in total. The van der Waals surface area contributed by atoms with Crippen LogP contribution in [0.2, 0.25) is 0 Å². The molecule has 1 saturated heterocycles. The number of fused-ring (bicyclic) bond motifs is 1. The minimum Gasteiger partial charge on any atom is -0.444 e. The molecule has 118 valence electrons. The van der Waals surface area contributed by atoms with Gasteiger partial charge >= 0.3 is 6.09 Å². The van der Waals surface area contributed by atoms with Crippen molar-refractivity contribution in [2.45, 2.75) is 32.4 Å². The molecule has 0 aliphatic carbocycles. The number of pyridine rings is 1. The summed E-state index contributed by atoms with van der Waals surface area (Å²) in [6.45, 7) is 7.76. The van der Waals surface area contributed by atoms with E-state index < -0.39 is 5.60 Å². The molecule has 2 aromatic rings. The predicted molar refractivity (Wildman–Crippen MR) is 83.7 cm³/mol. The lowest BCUT2D eigenvalue weighted by Crippen LogP contribution is -2.50. The molecular weight excluding hydrogens is 280 g/mol. The molecule has 1 N–H and O–H groups in total. The maximum Gasteiger partial charge on any atom is 0.410 e. The third-order valence-electron chi connectivity index (χ3n) is 3.68. The Morgan fingerprint density at radius 2 is 2.23 bits per heavy atom. The van der Waals surface area contributed by atoms with E-state index >= 15 is 0 Å². The van der Waals surface area contributed by atoms with E-state index in [9.17, 15) is 4.79 Å². The Bertz CT molecular complexity index is 674. The van der Waals surface area contributed by atoms with E-state index in [1.54, 1.807) is 11.1 Å². The van der Waals surface area contributed by atoms with Gasteiger partial charge in [0.1, 0.15) is 11.2 Å². The average Bonchev–Trinajstić information content (AvgIpc) is 2.93. The van der Waals surface area contributed by atoms with E-state index in [1.807, 2.05) is 49.7 Å². The number of amides is 1. The number of rotatable bonds is 1. The first-order valence-electron chi connectivity index (χ1n) is 7.57. The Labute approximate surface area is 130 Å². The summed E-state index contributed by atoms with van der Waals surface area (Å²) in [6.07, 6.45) is 5.37. The molecule has 3 heterocycles. The molecule has 1 unspecified atom stereocenters. The van der Waals surface area contributed by atoms with Crippen LogP contribution >= 0.6 is 0 Å². The number of nitrogens with zero attached hydrogens (tertiary/aromatic N) is 3. The lowest BCUT2D eigenvalue weighted by molar-refractivity contribution is 0.0119. The minimum atomic E-state index is -0.494. The van der Waals surface area contributed by atoms with Crippen molar-refractivity contribution in [3.63, 3.8) is 0 Å². The quantitative estimate of drug-likeness (QED) is 0.877. The van der Waals surface area contributed by atoms with Crippen LogP contribution in [0.25, 0.3) is 5.65 Å². The SMILES string of the molecule is CC(C)(C)OC(=O)N1CCNCC1c1cccn2ccnc12. The molecule has 0 aromatic carbocycles. The summed E-state index contributed by atoms with van der Waals surface area (Å²) in [4.78, 5) is 18.7. The van der Waals surface area contributed by atoms with Crippen molar-refractivity contribution in [1.29, 1.82) is 0 Å². The highest BCUT2D eigenvalue weighted by molar-refractivity contribution is 5.70. The standard InChI is InChI=1S/C16H22N4O2/c1-16(2,3)22-15(21)20-10-6-17-11-13(20)12-5-4-8-19-9-7-18-14(12)19/h4-5,7-9,13,17H,6,10-11H2,1-3H3. The van der Waals surface area contributed by atoms with E-state index in [0.717, 1.165) is 17.8 Å². The van der Waals surface area contributed by atoms with Crippen LogP contribution in [-0.4, -0.2) is 45.6 Å². The Kier molecular flexibility index (Phi) is 3.78. The Morgan fingerprint density at radius 1 is 1.41 bits per heavy atom. The van der Waals surface area contributed by atoms with E-state index in [4.69, 9.17) is 4.74 Å². The number of imidazole rings is 1. The van der Waals surface area contributed by atoms with Gasteiger partial charge in [-0.2, -0.15) is 0 Å². The zero-order chi connectivity index (χ0) is 15.7. The predicted octanol–water partition coefficient (Wildman–Crippen LogP) is 2.22. The van der Waals surface area contributed by atoms with Crippen molar-refractivity contribution in [3.8, 4) is 0 Å². The monoisotopic (exact) mass is 302 g/mol. The maximum atomic E-state index is 12.5. The van der Waals surface area contributed by atoms with E-state index in [1.165, 1.54) is 0 Å². The largest absolute Gasteiger partial charge is 0.444 e. The summed E-state index contributed by atoms with van der Waals surface area (Å²) in [7, 11) is 0. The summed E-state index contributed by atoms with van der Waals surface area (Å²) in [5, 5.41) is 3.35. The summed E-state index contributed by atoms with van der Waals surface area (Å²) >= 11 is 0. The molecule has 0 spiro atoms. The molecule has 6 heteroatoms. The highest BCUT2D eigenvalue weighted by Crippen LogP contribution is 2.27. The molecule has 0 bridgehead atoms. The second kappa shape index (κ2) is 5.61. The van der Waals surface area contributed by atoms with Crippen molar-refractivity contribution < 1.29 is 9.53 Å². The first kappa shape index (κ1) is 14.8. The third-order valence-corrected chi connectivity index (χ3v) is 3.68. The lowest BCUT2D eigenvalue weighted by atomic mass is 10.1. The normalized spacial score (nSPS) is 19.4. The van der Waals surface area contributed by atoms with Crippen LogP contribution in [0.15, 0.2) is 30.7 Å². The van der Waals surface area contributed by atoms with Crippen molar-refractivity contribution in [1.82, 2.24) is 19.6 Å². The number of aromatic nitrogens is 2. The van der Waals surface area contributed by atoms with Crippen LogP contribution in [0.5, 0.6) is 0 Å². The molecule has 22 heavy (non-hydrogen) atoms. The van der Waals surface area contributed by atoms with Crippen molar-refractivity contribution in [3.05, 3.63) is 36.3 Å². The third kappa shape index (κ3) is 2.92. The molecular formula is C16H22N4O2. The zero-order valence-corrected chi connectivity index (χ0v) is 13.2. The van der Waals surface area contributed by atoms with Gasteiger partial charge in [-0.1, -0.05) is 6.07 Å². The van der Waals surface area contributed by atoms with Crippen LogP contribution in [-0.2, 0) is 4.74 Å². The van der Waals surface area contributed by atoms with Crippen molar-refractivity contribution in [2.24, 2.45) is 0 Å². The average molecular weight is 302 g/mol. The summed E-state index contributed by atoms with van der Waals surface area (Å²) < 4.78 is 7.52. The summed E-state index contributed by atoms with van der Waals surface area (Å²) in [5.74, 6) is 0. The number of carbonyl (C=O) groups is 1. The Morgan fingerprint density at radius 3 is 3.00 bits per heavy atom. The first-order valence-corrected chi connectivity index (χ1v) is 7.57. The first-order chi connectivity index (χ1) is 10.5. The van der Waals surface area contributed by atoms with E-state index in [2.05, 4.69) is 10.3 Å². The number of nitrogens with one attached hydrogen (secondary N) is 1. The van der Waals surface area contributed by atoms with Crippen LogP contribution < -0.4 is 5.32 Å². The fourth-order valence-corrected chi connectivity index (χ4v) is 2.75. The zero-order valence-electron chi connectivity index (χ0n) is 13.2. The smallest absolute Gasteiger partial charge is 0.410 e. The number of hydrogen-bond acceptors (Lipinski definition) is 4. The van der Waals surface area contributed by atoms with Gasteiger partial charge in [0, 0.05) is 43.8 Å². The van der Waals surface area contributed by atoms with Gasteiger partial charge in [-0.25, -0.2) is 9.78 Å². The molecule has 2 aromatic heterocycles. The van der Waals surface area contributed by atoms with Gasteiger partial charge in [-0.05, 0) is 26.8 Å². The minimum absolute atomic E-state index is 0.0744. The molecule has 1 amide bonds. The van der Waals surface area contributed by atoms with Gasteiger partial charge in [-0.15, -0.1) is 0 Å².